The summed E-state index contributed by atoms with van der Waals surface area (Å²) in [6, 6.07) is 14.2. The maximum atomic E-state index is 12.3. The Morgan fingerprint density at radius 2 is 1.70 bits per heavy atom. The average Bonchev–Trinajstić information content (AvgIpc) is 3.36. The molecule has 11 heteroatoms. The molecule has 210 valence electrons. The first-order chi connectivity index (χ1) is 19.1. The molecule has 0 atom stereocenters. The molecule has 0 bridgehead atoms. The largest absolute Gasteiger partial charge is 0.405 e. The molecule has 5 rings (SSSR count). The lowest BCUT2D eigenvalue weighted by molar-refractivity contribution is -0.122. The second kappa shape index (κ2) is 12.6. The molecule has 4 aromatic rings. The van der Waals surface area contributed by atoms with Crippen molar-refractivity contribution in [3.8, 4) is 22.4 Å². The highest BCUT2D eigenvalue weighted by atomic mass is 19.4. The molecule has 0 unspecified atom stereocenters. The van der Waals surface area contributed by atoms with Crippen molar-refractivity contribution < 1.29 is 22.8 Å². The first-order valence-corrected chi connectivity index (χ1v) is 13.0. The molecule has 1 aliphatic rings. The number of rotatable bonds is 5. The van der Waals surface area contributed by atoms with Crippen molar-refractivity contribution >= 4 is 23.3 Å². The molecule has 1 fully saturated rings. The highest BCUT2D eigenvalue weighted by Gasteiger charge is 2.27. The van der Waals surface area contributed by atoms with Crippen molar-refractivity contribution in [1.82, 2.24) is 19.9 Å². The molecule has 0 saturated heterocycles. The van der Waals surface area contributed by atoms with Gasteiger partial charge in [-0.2, -0.15) is 18.3 Å². The molecule has 2 aromatic carbocycles. The summed E-state index contributed by atoms with van der Waals surface area (Å²) in [5, 5.41) is 8.55. The van der Waals surface area contributed by atoms with Gasteiger partial charge in [0.1, 0.15) is 6.54 Å². The van der Waals surface area contributed by atoms with Gasteiger partial charge in [-0.25, -0.2) is 14.3 Å². The normalized spacial score (nSPS) is 13.8. The van der Waals surface area contributed by atoms with Gasteiger partial charge in [-0.1, -0.05) is 63.3 Å². The topological polar surface area (TPSA) is 114 Å². The Bertz CT molecular complexity index is 1480. The van der Waals surface area contributed by atoms with E-state index in [-0.39, 0.29) is 0 Å². The van der Waals surface area contributed by atoms with Crippen molar-refractivity contribution in [1.29, 1.82) is 0 Å². The number of alkyl halides is 3. The summed E-state index contributed by atoms with van der Waals surface area (Å²) in [4.78, 5) is 27.5. The van der Waals surface area contributed by atoms with Gasteiger partial charge in [0.15, 0.2) is 5.65 Å². The number of urea groups is 1. The van der Waals surface area contributed by atoms with E-state index in [9.17, 15) is 22.8 Å². The van der Waals surface area contributed by atoms with E-state index in [1.807, 2.05) is 6.07 Å². The van der Waals surface area contributed by atoms with Crippen molar-refractivity contribution in [2.75, 3.05) is 11.9 Å². The molecule has 3 amide bonds. The molecule has 2 aromatic heterocycles. The second-order valence-corrected chi connectivity index (χ2v) is 9.85. The van der Waals surface area contributed by atoms with E-state index in [4.69, 9.17) is 5.73 Å². The van der Waals surface area contributed by atoms with Crippen LogP contribution in [0.2, 0.25) is 0 Å². The number of nitrogens with zero attached hydrogens (tertiary/aromatic N) is 3. The highest BCUT2D eigenvalue weighted by Crippen LogP contribution is 2.26. The first-order valence-electron chi connectivity index (χ1n) is 13.0. The standard InChI is InChI=1S/C22H17F3N6O2.C7H14/c23-22(24,25)12-28-21(33)30-17-6-2-4-14(8-17)18-11-27-19-9-16(10-29-31(18)19)13-3-1-5-15(7-13)20(26)32;1-7-5-3-2-4-6-7/h1-11H,12H2,(H2,26,32)(H2,28,30,33);7H,2-6H2,1H3. The molecule has 0 radical (unpaired) electrons. The number of hydrogen-bond acceptors (Lipinski definition) is 4. The number of carbonyl (C=O) groups excluding carboxylic acids is 2. The fourth-order valence-electron chi connectivity index (χ4n) is 4.50. The molecule has 0 spiro atoms. The second-order valence-electron chi connectivity index (χ2n) is 9.85. The quantitative estimate of drug-likeness (QED) is 0.265. The van der Waals surface area contributed by atoms with Gasteiger partial charge in [0.05, 0.1) is 18.1 Å². The van der Waals surface area contributed by atoms with Crippen LogP contribution < -0.4 is 16.4 Å². The van der Waals surface area contributed by atoms with Gasteiger partial charge in [0, 0.05) is 22.4 Å². The van der Waals surface area contributed by atoms with Gasteiger partial charge in [-0.3, -0.25) is 4.79 Å². The van der Waals surface area contributed by atoms with Crippen LogP contribution in [-0.2, 0) is 0 Å². The van der Waals surface area contributed by atoms with Gasteiger partial charge in [-0.15, -0.1) is 0 Å². The van der Waals surface area contributed by atoms with Gasteiger partial charge in [0.2, 0.25) is 5.91 Å². The summed E-state index contributed by atoms with van der Waals surface area (Å²) in [6.45, 7) is 0.930. The van der Waals surface area contributed by atoms with E-state index in [2.05, 4.69) is 22.3 Å². The van der Waals surface area contributed by atoms with E-state index in [1.54, 1.807) is 70.8 Å². The Morgan fingerprint density at radius 1 is 0.975 bits per heavy atom. The Morgan fingerprint density at radius 3 is 2.38 bits per heavy atom. The molecular weight excluding hydrogens is 521 g/mol. The van der Waals surface area contributed by atoms with E-state index >= 15 is 0 Å². The Labute approximate surface area is 229 Å². The summed E-state index contributed by atoms with van der Waals surface area (Å²) in [7, 11) is 0. The summed E-state index contributed by atoms with van der Waals surface area (Å²) in [5.74, 6) is 0.503. The van der Waals surface area contributed by atoms with Crippen molar-refractivity contribution in [2.45, 2.75) is 45.2 Å². The van der Waals surface area contributed by atoms with Crippen LogP contribution in [0, 0.1) is 5.92 Å². The minimum absolute atomic E-state index is 0.307. The van der Waals surface area contributed by atoms with Crippen molar-refractivity contribution in [3.63, 3.8) is 0 Å². The van der Waals surface area contributed by atoms with E-state index in [0.717, 1.165) is 17.0 Å². The predicted molar refractivity (Wildman–Crippen MR) is 148 cm³/mol. The summed E-state index contributed by atoms with van der Waals surface area (Å²) in [6.07, 6.45) is 6.15. The van der Waals surface area contributed by atoms with Crippen molar-refractivity contribution in [3.05, 3.63) is 72.6 Å². The highest BCUT2D eigenvalue weighted by molar-refractivity contribution is 5.94. The number of anilines is 1. The van der Waals surface area contributed by atoms with Crippen LogP contribution in [-0.4, -0.2) is 39.3 Å². The van der Waals surface area contributed by atoms with E-state index in [1.165, 1.54) is 32.1 Å². The number of amides is 3. The zero-order valence-electron chi connectivity index (χ0n) is 22.0. The predicted octanol–water partition coefficient (Wildman–Crippen LogP) is 6.43. The Kier molecular flexibility index (Phi) is 9.03. The maximum Gasteiger partial charge on any atom is 0.405 e. The Balaban J connectivity index is 0.000000461. The van der Waals surface area contributed by atoms with Gasteiger partial charge in [-0.05, 0) is 41.8 Å². The summed E-state index contributed by atoms with van der Waals surface area (Å²) >= 11 is 0. The molecule has 1 aliphatic carbocycles. The lowest BCUT2D eigenvalue weighted by Crippen LogP contribution is -2.36. The number of nitrogens with two attached hydrogens (primary N) is 1. The number of nitrogens with one attached hydrogen (secondary N) is 2. The van der Waals surface area contributed by atoms with Gasteiger partial charge < -0.3 is 16.4 Å². The minimum atomic E-state index is -4.50. The fraction of sp³-hybridized carbons (Fsp3) is 0.310. The SMILES string of the molecule is CC1CCCCC1.NC(=O)c1cccc(-c2cnn3c(-c4cccc(NC(=O)NCC(F)(F)F)c4)cnc3c2)c1. The zero-order valence-corrected chi connectivity index (χ0v) is 22.0. The number of fused-ring (bicyclic) bond motifs is 1. The minimum Gasteiger partial charge on any atom is -0.366 e. The molecule has 2 heterocycles. The zero-order chi connectivity index (χ0) is 28.7. The van der Waals surface area contributed by atoms with Crippen LogP contribution in [0.3, 0.4) is 0 Å². The summed E-state index contributed by atoms with van der Waals surface area (Å²) in [5.41, 5.74) is 9.31. The van der Waals surface area contributed by atoms with Crippen LogP contribution in [0.1, 0.15) is 49.4 Å². The third-order valence-corrected chi connectivity index (χ3v) is 6.60. The molecule has 1 saturated carbocycles. The Hall–Kier alpha value is -4.41. The fourth-order valence-corrected chi connectivity index (χ4v) is 4.50. The van der Waals surface area contributed by atoms with Crippen LogP contribution >= 0.6 is 0 Å². The van der Waals surface area contributed by atoms with Crippen molar-refractivity contribution in [2.24, 2.45) is 11.7 Å². The van der Waals surface area contributed by atoms with Crippen LogP contribution in [0.25, 0.3) is 28.0 Å². The van der Waals surface area contributed by atoms with E-state index in [0.29, 0.717) is 28.2 Å². The molecule has 40 heavy (non-hydrogen) atoms. The number of hydrogen-bond donors (Lipinski definition) is 3. The first kappa shape index (κ1) is 28.6. The third kappa shape index (κ3) is 7.81. The summed E-state index contributed by atoms with van der Waals surface area (Å²) < 4.78 is 38.4. The number of primary amides is 1. The van der Waals surface area contributed by atoms with Crippen LogP contribution in [0.15, 0.2) is 67.0 Å². The van der Waals surface area contributed by atoms with E-state index < -0.39 is 24.7 Å². The number of carbonyl (C=O) groups is 2. The number of benzene rings is 2. The number of imidazole rings is 1. The molecule has 4 N–H and O–H groups in total. The molecular formula is C29H31F3N6O2. The molecule has 8 nitrogen and oxygen atoms in total. The average molecular weight is 553 g/mol. The monoisotopic (exact) mass is 552 g/mol. The third-order valence-electron chi connectivity index (χ3n) is 6.60. The van der Waals surface area contributed by atoms with Gasteiger partial charge in [0.25, 0.3) is 0 Å². The smallest absolute Gasteiger partial charge is 0.366 e. The number of aromatic nitrogens is 3. The lowest BCUT2D eigenvalue weighted by atomic mass is 9.91. The van der Waals surface area contributed by atoms with Crippen LogP contribution in [0.4, 0.5) is 23.7 Å². The lowest BCUT2D eigenvalue weighted by Gasteiger charge is -2.15. The number of halogens is 3. The maximum absolute atomic E-state index is 12.3. The van der Waals surface area contributed by atoms with Gasteiger partial charge >= 0.3 is 12.2 Å². The van der Waals surface area contributed by atoms with Crippen LogP contribution in [0.5, 0.6) is 0 Å². The molecule has 0 aliphatic heterocycles.